The van der Waals surface area contributed by atoms with Gasteiger partial charge in [-0.05, 0) is 73.4 Å². The number of aromatic nitrogens is 1. The Bertz CT molecular complexity index is 1240. The summed E-state index contributed by atoms with van der Waals surface area (Å²) in [6, 6.07) is 18.6. The van der Waals surface area contributed by atoms with E-state index in [-0.39, 0.29) is 5.56 Å². The number of pyridine rings is 1. The van der Waals surface area contributed by atoms with Crippen molar-refractivity contribution in [2.75, 3.05) is 13.7 Å². The fraction of sp³-hybridized carbons (Fsp3) is 0.323. The Balaban J connectivity index is 1.41. The molecule has 1 heterocycles. The lowest BCUT2D eigenvalue weighted by atomic mass is 10.0. The summed E-state index contributed by atoms with van der Waals surface area (Å²) in [5, 5.41) is 18.2. The van der Waals surface area contributed by atoms with Crippen molar-refractivity contribution in [3.8, 4) is 11.5 Å². The number of carboxylic acid groups (broad SMARTS) is 2. The minimum absolute atomic E-state index is 0.232. The summed E-state index contributed by atoms with van der Waals surface area (Å²) in [6.07, 6.45) is 10.3. The summed E-state index contributed by atoms with van der Waals surface area (Å²) >= 11 is 1.46. The van der Waals surface area contributed by atoms with Gasteiger partial charge in [-0.1, -0.05) is 43.9 Å². The highest BCUT2D eigenvalue weighted by atomic mass is 32.2. The lowest BCUT2D eigenvalue weighted by molar-refractivity contribution is -0.131. The third-order valence-corrected chi connectivity index (χ3v) is 7.10. The van der Waals surface area contributed by atoms with Gasteiger partial charge in [0.05, 0.1) is 25.0 Å². The highest BCUT2D eigenvalue weighted by molar-refractivity contribution is 7.98. The van der Waals surface area contributed by atoms with Crippen molar-refractivity contribution in [2.45, 2.75) is 55.6 Å². The van der Waals surface area contributed by atoms with Crippen molar-refractivity contribution in [3.63, 3.8) is 0 Å². The number of unbranched alkanes of at least 4 members (excludes halogenated alkanes) is 5. The van der Waals surface area contributed by atoms with Crippen LogP contribution in [0.15, 0.2) is 71.6 Å². The second-order valence-corrected chi connectivity index (χ2v) is 10.1. The number of carboxylic acids is 2. The van der Waals surface area contributed by atoms with Crippen LogP contribution in [0.3, 0.4) is 0 Å². The number of carbonyl (C=O) groups is 2. The van der Waals surface area contributed by atoms with Gasteiger partial charge in [0.2, 0.25) is 0 Å². The average molecular weight is 550 g/mol. The molecular formula is C31H35NO6S. The van der Waals surface area contributed by atoms with E-state index >= 15 is 0 Å². The molecule has 0 aliphatic carbocycles. The summed E-state index contributed by atoms with van der Waals surface area (Å²) < 4.78 is 11.1. The van der Waals surface area contributed by atoms with E-state index in [9.17, 15) is 14.7 Å². The van der Waals surface area contributed by atoms with Gasteiger partial charge in [0.1, 0.15) is 17.2 Å². The van der Waals surface area contributed by atoms with E-state index in [1.807, 2.05) is 30.3 Å². The Morgan fingerprint density at radius 1 is 0.923 bits per heavy atom. The molecule has 0 bridgehead atoms. The van der Waals surface area contributed by atoms with Crippen molar-refractivity contribution < 1.29 is 29.3 Å². The summed E-state index contributed by atoms with van der Waals surface area (Å²) in [5.74, 6) is -0.0793. The predicted octanol–water partition coefficient (Wildman–Crippen LogP) is 7.14. The molecule has 0 unspecified atom stereocenters. The second-order valence-electron chi connectivity index (χ2n) is 9.05. The Labute approximate surface area is 233 Å². The van der Waals surface area contributed by atoms with E-state index in [4.69, 9.17) is 14.6 Å². The Hall–Kier alpha value is -3.78. The number of aliphatic carboxylic acids is 1. The fourth-order valence-corrected chi connectivity index (χ4v) is 4.83. The molecule has 1 aromatic heterocycles. The van der Waals surface area contributed by atoms with Gasteiger partial charge in [-0.25, -0.2) is 14.6 Å². The van der Waals surface area contributed by atoms with Crippen molar-refractivity contribution in [1.82, 2.24) is 4.98 Å². The molecule has 8 heteroatoms. The standard InChI is InChI=1S/C31H35NO6S/c1-37-26-15-12-23(13-16-26)9-6-4-2-3-5-7-20-38-29-18-14-25(32-28(29)17-19-30(33)34)22-39-27-11-8-10-24(21-27)31(35)36/h8,10-19,21H,2-7,9,20,22H2,1H3,(H,33,34)(H,35,36)/b19-17+. The topological polar surface area (TPSA) is 106 Å². The number of hydrogen-bond acceptors (Lipinski definition) is 6. The van der Waals surface area contributed by atoms with E-state index in [0.717, 1.165) is 48.1 Å². The summed E-state index contributed by atoms with van der Waals surface area (Å²) in [5.41, 5.74) is 2.78. The third kappa shape index (κ3) is 10.9. The van der Waals surface area contributed by atoms with Gasteiger partial charge in [0, 0.05) is 16.7 Å². The molecule has 3 aromatic rings. The first-order valence-corrected chi connectivity index (χ1v) is 14.1. The lowest BCUT2D eigenvalue weighted by Gasteiger charge is -2.11. The van der Waals surface area contributed by atoms with Gasteiger partial charge in [-0.15, -0.1) is 11.8 Å². The summed E-state index contributed by atoms with van der Waals surface area (Å²) in [6.45, 7) is 0.539. The van der Waals surface area contributed by atoms with Crippen LogP contribution in [-0.2, 0) is 17.0 Å². The molecule has 0 aliphatic rings. The number of rotatable bonds is 17. The van der Waals surface area contributed by atoms with E-state index in [1.54, 1.807) is 25.3 Å². The molecule has 0 amide bonds. The quantitative estimate of drug-likeness (QED) is 0.104. The van der Waals surface area contributed by atoms with Crippen LogP contribution < -0.4 is 9.47 Å². The number of hydrogen-bond donors (Lipinski definition) is 2. The molecule has 7 nitrogen and oxygen atoms in total. The molecule has 2 aromatic carbocycles. The van der Waals surface area contributed by atoms with Crippen LogP contribution in [0.4, 0.5) is 0 Å². The van der Waals surface area contributed by atoms with Crippen LogP contribution in [-0.4, -0.2) is 40.9 Å². The van der Waals surface area contributed by atoms with Gasteiger partial charge in [0.15, 0.2) is 0 Å². The van der Waals surface area contributed by atoms with Crippen LogP contribution in [0.2, 0.25) is 0 Å². The van der Waals surface area contributed by atoms with Crippen molar-refractivity contribution in [2.24, 2.45) is 0 Å². The molecule has 0 fully saturated rings. The molecular weight excluding hydrogens is 514 g/mol. The largest absolute Gasteiger partial charge is 0.497 e. The van der Waals surface area contributed by atoms with Gasteiger partial charge in [0.25, 0.3) is 0 Å². The van der Waals surface area contributed by atoms with Crippen LogP contribution in [0.5, 0.6) is 11.5 Å². The first-order chi connectivity index (χ1) is 18.9. The first kappa shape index (κ1) is 29.8. The molecule has 3 rings (SSSR count). The van der Waals surface area contributed by atoms with Crippen LogP contribution in [0, 0.1) is 0 Å². The van der Waals surface area contributed by atoms with Crippen molar-refractivity contribution in [3.05, 3.63) is 89.3 Å². The lowest BCUT2D eigenvalue weighted by Crippen LogP contribution is -2.02. The number of aromatic carboxylic acids is 1. The van der Waals surface area contributed by atoms with Gasteiger partial charge in [-0.2, -0.15) is 0 Å². The minimum Gasteiger partial charge on any atom is -0.497 e. The molecule has 0 radical (unpaired) electrons. The summed E-state index contributed by atoms with van der Waals surface area (Å²) in [7, 11) is 1.68. The van der Waals surface area contributed by atoms with Crippen LogP contribution >= 0.6 is 11.8 Å². The number of thioether (sulfide) groups is 1. The molecule has 39 heavy (non-hydrogen) atoms. The highest BCUT2D eigenvalue weighted by Gasteiger charge is 2.08. The maximum absolute atomic E-state index is 11.2. The number of ether oxygens (including phenoxy) is 2. The SMILES string of the molecule is COc1ccc(CCCCCCCCOc2ccc(CSc3cccc(C(=O)O)c3)nc2/C=C/C(=O)O)cc1. The second kappa shape index (κ2) is 16.2. The van der Waals surface area contributed by atoms with Gasteiger partial charge < -0.3 is 19.7 Å². The molecule has 0 aliphatic heterocycles. The van der Waals surface area contributed by atoms with E-state index in [1.165, 1.54) is 42.7 Å². The van der Waals surface area contributed by atoms with E-state index < -0.39 is 11.9 Å². The van der Waals surface area contributed by atoms with Crippen molar-refractivity contribution >= 4 is 29.8 Å². The molecule has 0 saturated carbocycles. The minimum atomic E-state index is -1.06. The smallest absolute Gasteiger partial charge is 0.335 e. The normalized spacial score (nSPS) is 11.0. The molecule has 0 atom stereocenters. The maximum Gasteiger partial charge on any atom is 0.335 e. The molecule has 206 valence electrons. The molecule has 0 spiro atoms. The molecule has 0 saturated heterocycles. The van der Waals surface area contributed by atoms with E-state index in [2.05, 4.69) is 17.1 Å². The number of methoxy groups -OCH3 is 1. The first-order valence-electron chi connectivity index (χ1n) is 13.1. The number of nitrogens with zero attached hydrogens (tertiary/aromatic N) is 1. The zero-order chi connectivity index (χ0) is 27.9. The van der Waals surface area contributed by atoms with E-state index in [0.29, 0.717) is 23.8 Å². The average Bonchev–Trinajstić information content (AvgIpc) is 2.95. The number of aryl methyl sites for hydroxylation is 1. The van der Waals surface area contributed by atoms with Gasteiger partial charge in [-0.3, -0.25) is 0 Å². The monoisotopic (exact) mass is 549 g/mol. The highest BCUT2D eigenvalue weighted by Crippen LogP contribution is 2.26. The Morgan fingerprint density at radius 3 is 2.38 bits per heavy atom. The Morgan fingerprint density at radius 2 is 1.67 bits per heavy atom. The summed E-state index contributed by atoms with van der Waals surface area (Å²) in [4.78, 5) is 27.7. The third-order valence-electron chi connectivity index (χ3n) is 6.07. The van der Waals surface area contributed by atoms with Crippen LogP contribution in [0.25, 0.3) is 6.08 Å². The zero-order valence-electron chi connectivity index (χ0n) is 22.2. The van der Waals surface area contributed by atoms with Gasteiger partial charge >= 0.3 is 11.9 Å². The molecule has 2 N–H and O–H groups in total. The Kier molecular flexibility index (Phi) is 12.4. The maximum atomic E-state index is 11.2. The fourth-order valence-electron chi connectivity index (χ4n) is 3.97. The van der Waals surface area contributed by atoms with Crippen LogP contribution in [0.1, 0.15) is 65.8 Å². The predicted molar refractivity (Wildman–Crippen MR) is 154 cm³/mol. The van der Waals surface area contributed by atoms with Crippen molar-refractivity contribution in [1.29, 1.82) is 0 Å². The zero-order valence-corrected chi connectivity index (χ0v) is 23.0. The number of benzene rings is 2.